The molecule has 0 saturated carbocycles. The van der Waals surface area contributed by atoms with Crippen molar-refractivity contribution in [3.63, 3.8) is 0 Å². The first-order chi connectivity index (χ1) is 9.58. The van der Waals surface area contributed by atoms with E-state index in [4.69, 9.17) is 28.9 Å². The van der Waals surface area contributed by atoms with Crippen molar-refractivity contribution in [2.75, 3.05) is 5.73 Å². The van der Waals surface area contributed by atoms with Crippen LogP contribution in [0, 0.1) is 0 Å². The fourth-order valence-electron chi connectivity index (χ4n) is 2.06. The minimum Gasteiger partial charge on any atom is -0.383 e. The van der Waals surface area contributed by atoms with Gasteiger partial charge < -0.3 is 5.73 Å². The van der Waals surface area contributed by atoms with Crippen molar-refractivity contribution in [3.8, 4) is 22.4 Å². The van der Waals surface area contributed by atoms with Gasteiger partial charge in [-0.3, -0.25) is 9.78 Å². The molecule has 0 fully saturated rings. The second-order valence-corrected chi connectivity index (χ2v) is 5.16. The average Bonchev–Trinajstić information content (AvgIpc) is 3.03. The molecule has 1 aromatic carbocycles. The molecule has 3 aromatic rings. The average molecular weight is 308 g/mol. The number of aromatic amines is 1. The molecule has 102 valence electrons. The van der Waals surface area contributed by atoms with Crippen LogP contribution in [0.15, 0.2) is 30.6 Å². The fourth-order valence-corrected chi connectivity index (χ4v) is 2.35. The number of rotatable bonds is 2. The molecule has 3 rings (SSSR count). The Morgan fingerprint density at radius 1 is 1.20 bits per heavy atom. The van der Waals surface area contributed by atoms with Gasteiger partial charge in [-0.15, -0.1) is 0 Å². The lowest BCUT2D eigenvalue weighted by Crippen LogP contribution is -1.98. The van der Waals surface area contributed by atoms with Crippen molar-refractivity contribution in [1.29, 1.82) is 0 Å². The molecule has 3 N–H and O–H groups in total. The first-order valence-corrected chi connectivity index (χ1v) is 6.60. The van der Waals surface area contributed by atoms with Gasteiger partial charge in [0, 0.05) is 18.8 Å². The third-order valence-corrected chi connectivity index (χ3v) is 3.81. The van der Waals surface area contributed by atoms with Gasteiger partial charge in [-0.2, -0.15) is 10.2 Å². The molecule has 0 saturated heterocycles. The second-order valence-electron chi connectivity index (χ2n) is 4.35. The number of hydrogen-bond acceptors (Lipinski definition) is 3. The van der Waals surface area contributed by atoms with Crippen molar-refractivity contribution in [2.24, 2.45) is 7.05 Å². The molecule has 0 aliphatic carbocycles. The van der Waals surface area contributed by atoms with Crippen LogP contribution in [0.1, 0.15) is 0 Å². The summed E-state index contributed by atoms with van der Waals surface area (Å²) in [6.45, 7) is 0. The van der Waals surface area contributed by atoms with Gasteiger partial charge in [0.15, 0.2) is 0 Å². The largest absolute Gasteiger partial charge is 0.383 e. The number of nitrogens with one attached hydrogen (secondary N) is 1. The Bertz CT molecular complexity index is 761. The number of aryl methyl sites for hydroxylation is 1. The molecule has 0 aliphatic rings. The van der Waals surface area contributed by atoms with Crippen molar-refractivity contribution in [2.45, 2.75) is 0 Å². The lowest BCUT2D eigenvalue weighted by atomic mass is 10.0. The van der Waals surface area contributed by atoms with Gasteiger partial charge in [-0.25, -0.2) is 0 Å². The van der Waals surface area contributed by atoms with Crippen LogP contribution < -0.4 is 5.73 Å². The summed E-state index contributed by atoms with van der Waals surface area (Å²) in [6.07, 6.45) is 3.46. The van der Waals surface area contributed by atoms with Crippen molar-refractivity contribution < 1.29 is 0 Å². The number of nitrogens with zero attached hydrogens (tertiary/aromatic N) is 3. The van der Waals surface area contributed by atoms with Crippen LogP contribution in [0.25, 0.3) is 22.4 Å². The third-order valence-electron chi connectivity index (χ3n) is 3.07. The van der Waals surface area contributed by atoms with Gasteiger partial charge in [0.25, 0.3) is 0 Å². The Labute approximate surface area is 125 Å². The number of nitrogens with two attached hydrogens (primary N) is 1. The third kappa shape index (κ3) is 2.05. The molecule has 2 heterocycles. The van der Waals surface area contributed by atoms with Crippen LogP contribution in [-0.2, 0) is 7.05 Å². The van der Waals surface area contributed by atoms with Gasteiger partial charge >= 0.3 is 0 Å². The Kier molecular flexibility index (Phi) is 3.16. The normalized spacial score (nSPS) is 10.9. The second kappa shape index (κ2) is 4.85. The lowest BCUT2D eigenvalue weighted by molar-refractivity contribution is 0.782. The van der Waals surface area contributed by atoms with Crippen molar-refractivity contribution in [1.82, 2.24) is 20.0 Å². The van der Waals surface area contributed by atoms with E-state index in [9.17, 15) is 0 Å². The van der Waals surface area contributed by atoms with Gasteiger partial charge in [-0.1, -0.05) is 29.3 Å². The van der Waals surface area contributed by atoms with E-state index in [2.05, 4.69) is 15.3 Å². The smallest absolute Gasteiger partial charge is 0.129 e. The highest BCUT2D eigenvalue weighted by atomic mass is 35.5. The number of anilines is 1. The number of benzene rings is 1. The van der Waals surface area contributed by atoms with Crippen molar-refractivity contribution in [3.05, 3.63) is 40.6 Å². The van der Waals surface area contributed by atoms with Crippen LogP contribution >= 0.6 is 23.2 Å². The summed E-state index contributed by atoms with van der Waals surface area (Å²) >= 11 is 12.0. The summed E-state index contributed by atoms with van der Waals surface area (Å²) in [5, 5.41) is 12.1. The summed E-state index contributed by atoms with van der Waals surface area (Å²) in [7, 11) is 1.79. The maximum Gasteiger partial charge on any atom is 0.129 e. The van der Waals surface area contributed by atoms with Crippen LogP contribution in [0.3, 0.4) is 0 Å². The number of aromatic nitrogens is 4. The van der Waals surface area contributed by atoms with E-state index in [-0.39, 0.29) is 0 Å². The molecule has 0 bridgehead atoms. The van der Waals surface area contributed by atoms with Crippen LogP contribution in [0.2, 0.25) is 10.0 Å². The Morgan fingerprint density at radius 3 is 2.65 bits per heavy atom. The number of halogens is 2. The summed E-state index contributed by atoms with van der Waals surface area (Å²) in [4.78, 5) is 0. The standard InChI is InChI=1S/C13H11Cl2N5/c1-20-13(16)11(7-2-3-9(14)10(15)4-7)12(19-20)8-5-17-18-6-8/h2-6H,16H2,1H3,(H,17,18). The van der Waals surface area contributed by atoms with Crippen molar-refractivity contribution >= 4 is 29.0 Å². The van der Waals surface area contributed by atoms with Crippen LogP contribution in [0.4, 0.5) is 5.82 Å². The van der Waals surface area contributed by atoms with E-state index in [1.165, 1.54) is 0 Å². The quantitative estimate of drug-likeness (QED) is 0.762. The van der Waals surface area contributed by atoms with Gasteiger partial charge in [0.1, 0.15) is 11.5 Å². The fraction of sp³-hybridized carbons (Fsp3) is 0.0769. The Balaban J connectivity index is 2.25. The first-order valence-electron chi connectivity index (χ1n) is 5.85. The van der Waals surface area contributed by atoms with Gasteiger partial charge in [0.05, 0.1) is 21.8 Å². The molecule has 0 atom stereocenters. The molecular weight excluding hydrogens is 297 g/mol. The number of hydrogen-bond donors (Lipinski definition) is 2. The lowest BCUT2D eigenvalue weighted by Gasteiger charge is -2.05. The first kappa shape index (κ1) is 13.0. The zero-order valence-electron chi connectivity index (χ0n) is 10.6. The highest BCUT2D eigenvalue weighted by Gasteiger charge is 2.18. The number of H-pyrrole nitrogens is 1. The summed E-state index contributed by atoms with van der Waals surface area (Å²) in [5.74, 6) is 0.555. The predicted octanol–water partition coefficient (Wildman–Crippen LogP) is 3.37. The Hall–Kier alpha value is -1.98. The maximum atomic E-state index is 6.12. The maximum absolute atomic E-state index is 6.12. The zero-order valence-corrected chi connectivity index (χ0v) is 12.1. The van der Waals surface area contributed by atoms with E-state index >= 15 is 0 Å². The molecule has 0 spiro atoms. The van der Waals surface area contributed by atoms with E-state index in [0.717, 1.165) is 22.4 Å². The SMILES string of the molecule is Cn1nc(-c2cn[nH]c2)c(-c2ccc(Cl)c(Cl)c2)c1N. The van der Waals surface area contributed by atoms with E-state index < -0.39 is 0 Å². The van der Waals surface area contributed by atoms with E-state index in [0.29, 0.717) is 15.9 Å². The minimum absolute atomic E-state index is 0.477. The Morgan fingerprint density at radius 2 is 2.00 bits per heavy atom. The predicted molar refractivity (Wildman–Crippen MR) is 80.7 cm³/mol. The molecule has 20 heavy (non-hydrogen) atoms. The number of nitrogen functional groups attached to an aromatic ring is 1. The molecule has 0 amide bonds. The van der Waals surface area contributed by atoms with Crippen LogP contribution in [0.5, 0.6) is 0 Å². The van der Waals surface area contributed by atoms with E-state index in [1.807, 2.05) is 6.07 Å². The molecule has 0 radical (unpaired) electrons. The summed E-state index contributed by atoms with van der Waals surface area (Å²) in [6, 6.07) is 5.39. The topological polar surface area (TPSA) is 72.5 Å². The monoisotopic (exact) mass is 307 g/mol. The summed E-state index contributed by atoms with van der Waals surface area (Å²) < 4.78 is 1.63. The molecule has 0 aliphatic heterocycles. The van der Waals surface area contributed by atoms with Crippen LogP contribution in [-0.4, -0.2) is 20.0 Å². The molecule has 0 unspecified atom stereocenters. The summed E-state index contributed by atoms with van der Waals surface area (Å²) in [5.41, 5.74) is 9.41. The minimum atomic E-state index is 0.477. The molecule has 5 nitrogen and oxygen atoms in total. The highest BCUT2D eigenvalue weighted by molar-refractivity contribution is 6.42. The molecular formula is C13H11Cl2N5. The molecule has 7 heteroatoms. The van der Waals surface area contributed by atoms with Gasteiger partial charge in [0.2, 0.25) is 0 Å². The molecule has 2 aromatic heterocycles. The van der Waals surface area contributed by atoms with Gasteiger partial charge in [-0.05, 0) is 17.7 Å². The van der Waals surface area contributed by atoms with E-state index in [1.54, 1.807) is 36.3 Å². The highest BCUT2D eigenvalue weighted by Crippen LogP contribution is 2.37. The zero-order chi connectivity index (χ0) is 14.3.